The van der Waals surface area contributed by atoms with Gasteiger partial charge in [0, 0.05) is 19.5 Å². The molecule has 17 heavy (non-hydrogen) atoms. The van der Waals surface area contributed by atoms with Crippen LogP contribution in [0.15, 0.2) is 0 Å². The minimum atomic E-state index is 0.354. The van der Waals surface area contributed by atoms with Gasteiger partial charge in [-0.1, -0.05) is 27.2 Å². The minimum Gasteiger partial charge on any atom is -0.342 e. The number of likely N-dealkylation sites (tertiary alicyclic amines) is 1. The first-order chi connectivity index (χ1) is 7.97. The van der Waals surface area contributed by atoms with Crippen LogP contribution in [0.3, 0.4) is 0 Å². The molecule has 0 bridgehead atoms. The molecule has 2 rings (SSSR count). The van der Waals surface area contributed by atoms with Gasteiger partial charge in [0.25, 0.3) is 0 Å². The van der Waals surface area contributed by atoms with E-state index in [1.165, 1.54) is 25.7 Å². The van der Waals surface area contributed by atoms with Crippen molar-refractivity contribution in [1.29, 1.82) is 0 Å². The monoisotopic (exact) mass is 237 g/mol. The van der Waals surface area contributed by atoms with Crippen LogP contribution in [-0.2, 0) is 4.79 Å². The predicted molar refractivity (Wildman–Crippen MR) is 70.7 cm³/mol. The molecular weight excluding hydrogens is 210 g/mol. The first kappa shape index (κ1) is 12.9. The van der Waals surface area contributed by atoms with Gasteiger partial charge >= 0.3 is 0 Å². The van der Waals surface area contributed by atoms with E-state index in [0.29, 0.717) is 17.2 Å². The van der Waals surface area contributed by atoms with Gasteiger partial charge in [-0.2, -0.15) is 0 Å². The smallest absolute Gasteiger partial charge is 0.222 e. The van der Waals surface area contributed by atoms with E-state index in [1.54, 1.807) is 0 Å². The first-order valence-corrected chi connectivity index (χ1v) is 7.24. The van der Waals surface area contributed by atoms with Crippen LogP contribution in [0.4, 0.5) is 0 Å². The van der Waals surface area contributed by atoms with Crippen LogP contribution in [0, 0.1) is 17.3 Å². The highest BCUT2D eigenvalue weighted by molar-refractivity contribution is 5.76. The van der Waals surface area contributed by atoms with Crippen molar-refractivity contribution in [2.75, 3.05) is 13.1 Å². The Morgan fingerprint density at radius 3 is 2.41 bits per heavy atom. The summed E-state index contributed by atoms with van der Waals surface area (Å²) in [6, 6.07) is 0. The summed E-state index contributed by atoms with van der Waals surface area (Å²) in [5.74, 6) is 1.92. The quantitative estimate of drug-likeness (QED) is 0.720. The second-order valence-electron chi connectivity index (χ2n) is 7.03. The molecule has 2 fully saturated rings. The molecule has 1 saturated carbocycles. The highest BCUT2D eigenvalue weighted by Gasteiger charge is 2.31. The Morgan fingerprint density at radius 2 is 1.88 bits per heavy atom. The third kappa shape index (κ3) is 3.23. The topological polar surface area (TPSA) is 20.3 Å². The second-order valence-corrected chi connectivity index (χ2v) is 7.03. The van der Waals surface area contributed by atoms with Crippen molar-refractivity contribution < 1.29 is 4.79 Å². The van der Waals surface area contributed by atoms with Gasteiger partial charge in [-0.05, 0) is 42.9 Å². The van der Waals surface area contributed by atoms with E-state index in [4.69, 9.17) is 0 Å². The maximum absolute atomic E-state index is 12.1. The molecule has 1 amide bonds. The number of hydrogen-bond donors (Lipinski definition) is 0. The van der Waals surface area contributed by atoms with E-state index in [2.05, 4.69) is 25.7 Å². The van der Waals surface area contributed by atoms with Gasteiger partial charge in [0.2, 0.25) is 5.91 Å². The summed E-state index contributed by atoms with van der Waals surface area (Å²) in [4.78, 5) is 14.2. The van der Waals surface area contributed by atoms with Crippen LogP contribution in [0.2, 0.25) is 0 Å². The molecule has 0 radical (unpaired) electrons. The van der Waals surface area contributed by atoms with Gasteiger partial charge in [-0.3, -0.25) is 4.79 Å². The standard InChI is InChI=1S/C15H27NO/c1-15(2,3)13-7-8-14(17)16(10-9-13)11-12-5-4-6-12/h12-13H,4-11H2,1-3H3. The summed E-state index contributed by atoms with van der Waals surface area (Å²) in [5.41, 5.74) is 0.354. The van der Waals surface area contributed by atoms with Gasteiger partial charge in [-0.25, -0.2) is 0 Å². The molecule has 0 spiro atoms. The Bertz CT molecular complexity index is 275. The van der Waals surface area contributed by atoms with Gasteiger partial charge in [0.1, 0.15) is 0 Å². The molecular formula is C15H27NO. The molecule has 2 nitrogen and oxygen atoms in total. The van der Waals surface area contributed by atoms with Crippen molar-refractivity contribution in [2.24, 2.45) is 17.3 Å². The molecule has 1 saturated heterocycles. The summed E-state index contributed by atoms with van der Waals surface area (Å²) in [7, 11) is 0. The van der Waals surface area contributed by atoms with E-state index < -0.39 is 0 Å². The highest BCUT2D eigenvalue weighted by Crippen LogP contribution is 2.35. The molecule has 0 N–H and O–H groups in total. The fourth-order valence-electron chi connectivity index (χ4n) is 3.08. The molecule has 1 atom stereocenters. The number of rotatable bonds is 2. The summed E-state index contributed by atoms with van der Waals surface area (Å²) in [6.45, 7) is 8.96. The van der Waals surface area contributed by atoms with Gasteiger partial charge in [-0.15, -0.1) is 0 Å². The number of hydrogen-bond acceptors (Lipinski definition) is 1. The van der Waals surface area contributed by atoms with E-state index in [-0.39, 0.29) is 0 Å². The van der Waals surface area contributed by atoms with Crippen molar-refractivity contribution in [3.05, 3.63) is 0 Å². The van der Waals surface area contributed by atoms with Crippen LogP contribution in [0.1, 0.15) is 59.3 Å². The molecule has 2 heteroatoms. The molecule has 1 heterocycles. The number of nitrogens with zero attached hydrogens (tertiary/aromatic N) is 1. The Balaban J connectivity index is 1.89. The van der Waals surface area contributed by atoms with Crippen LogP contribution in [0.5, 0.6) is 0 Å². The Labute approximate surface area is 106 Å². The highest BCUT2D eigenvalue weighted by atomic mass is 16.2. The summed E-state index contributed by atoms with van der Waals surface area (Å²) < 4.78 is 0. The lowest BCUT2D eigenvalue weighted by molar-refractivity contribution is -0.131. The molecule has 0 aromatic rings. The summed E-state index contributed by atoms with van der Waals surface area (Å²) in [5, 5.41) is 0. The number of carbonyl (C=O) groups is 1. The third-order valence-corrected chi connectivity index (χ3v) is 4.73. The van der Waals surface area contributed by atoms with Crippen molar-refractivity contribution in [3.8, 4) is 0 Å². The average molecular weight is 237 g/mol. The summed E-state index contributed by atoms with van der Waals surface area (Å²) in [6.07, 6.45) is 7.11. The normalized spacial score (nSPS) is 27.8. The molecule has 0 aromatic carbocycles. The molecule has 98 valence electrons. The fraction of sp³-hybridized carbons (Fsp3) is 0.933. The average Bonchev–Trinajstić information content (AvgIpc) is 2.34. The second kappa shape index (κ2) is 4.99. The summed E-state index contributed by atoms with van der Waals surface area (Å²) >= 11 is 0. The molecule has 1 aliphatic carbocycles. The van der Waals surface area contributed by atoms with Crippen molar-refractivity contribution in [3.63, 3.8) is 0 Å². The zero-order valence-electron chi connectivity index (χ0n) is 11.7. The van der Waals surface area contributed by atoms with Gasteiger partial charge < -0.3 is 4.90 Å². The largest absolute Gasteiger partial charge is 0.342 e. The van der Waals surface area contributed by atoms with E-state index >= 15 is 0 Å². The zero-order valence-corrected chi connectivity index (χ0v) is 11.7. The third-order valence-electron chi connectivity index (χ3n) is 4.73. The maximum Gasteiger partial charge on any atom is 0.222 e. The van der Waals surface area contributed by atoms with Crippen LogP contribution in [-0.4, -0.2) is 23.9 Å². The van der Waals surface area contributed by atoms with Crippen molar-refractivity contribution >= 4 is 5.91 Å². The van der Waals surface area contributed by atoms with Crippen LogP contribution < -0.4 is 0 Å². The van der Waals surface area contributed by atoms with Gasteiger partial charge in [0.15, 0.2) is 0 Å². The Hall–Kier alpha value is -0.530. The minimum absolute atomic E-state index is 0.354. The lowest BCUT2D eigenvalue weighted by Gasteiger charge is -2.32. The van der Waals surface area contributed by atoms with Crippen molar-refractivity contribution in [2.45, 2.75) is 59.3 Å². The van der Waals surface area contributed by atoms with Crippen LogP contribution in [0.25, 0.3) is 0 Å². The molecule has 2 aliphatic rings. The van der Waals surface area contributed by atoms with E-state index in [9.17, 15) is 4.79 Å². The first-order valence-electron chi connectivity index (χ1n) is 7.24. The molecule has 0 aromatic heterocycles. The molecule has 1 aliphatic heterocycles. The Morgan fingerprint density at radius 1 is 1.18 bits per heavy atom. The van der Waals surface area contributed by atoms with E-state index in [0.717, 1.165) is 31.8 Å². The van der Waals surface area contributed by atoms with Crippen molar-refractivity contribution in [1.82, 2.24) is 4.90 Å². The van der Waals surface area contributed by atoms with Crippen LogP contribution >= 0.6 is 0 Å². The zero-order chi connectivity index (χ0) is 12.5. The van der Waals surface area contributed by atoms with E-state index in [1.807, 2.05) is 0 Å². The molecule has 1 unspecified atom stereocenters. The number of carbonyl (C=O) groups excluding carboxylic acids is 1. The lowest BCUT2D eigenvalue weighted by Crippen LogP contribution is -2.37. The van der Waals surface area contributed by atoms with Gasteiger partial charge in [0.05, 0.1) is 0 Å². The predicted octanol–water partition coefficient (Wildman–Crippen LogP) is 3.46. The maximum atomic E-state index is 12.1. The number of amides is 1. The lowest BCUT2D eigenvalue weighted by atomic mass is 9.76. The fourth-order valence-corrected chi connectivity index (χ4v) is 3.08. The Kier molecular flexibility index (Phi) is 3.79. The SMILES string of the molecule is CC(C)(C)C1CCC(=O)N(CC2CCC2)CC1.